The van der Waals surface area contributed by atoms with E-state index in [0.29, 0.717) is 12.8 Å². The van der Waals surface area contributed by atoms with Gasteiger partial charge in [-0.15, -0.1) is 0 Å². The maximum Gasteiger partial charge on any atom is 0.472 e. The predicted octanol–water partition coefficient (Wildman–Crippen LogP) is 10.5. The van der Waals surface area contributed by atoms with Crippen LogP contribution in [-0.4, -0.2) is 54.3 Å². The van der Waals surface area contributed by atoms with Crippen molar-refractivity contribution in [2.45, 2.75) is 161 Å². The third kappa shape index (κ3) is 38.8. The highest BCUT2D eigenvalue weighted by atomic mass is 31.2. The molecule has 0 bridgehead atoms. The van der Waals surface area contributed by atoms with E-state index in [2.05, 4.69) is 79.9 Å². The summed E-state index contributed by atoms with van der Waals surface area (Å²) in [6.45, 7) is 3.35. The smallest absolute Gasteiger partial charge is 0.463 e. The maximum absolute atomic E-state index is 12.1. The Morgan fingerprint density at radius 1 is 0.627 bits per heavy atom. The molecule has 0 saturated carbocycles. The van der Waals surface area contributed by atoms with Crippen LogP contribution in [0.4, 0.5) is 0 Å². The Kier molecular flexibility index (Phi) is 35.8. The van der Waals surface area contributed by atoms with Crippen molar-refractivity contribution in [2.24, 2.45) is 0 Å². The highest BCUT2D eigenvalue weighted by Gasteiger charge is 2.23. The number of phosphoric acid groups is 1. The van der Waals surface area contributed by atoms with Crippen molar-refractivity contribution in [1.82, 2.24) is 5.32 Å². The molecule has 2 unspecified atom stereocenters. The third-order valence-corrected chi connectivity index (χ3v) is 8.92. The van der Waals surface area contributed by atoms with Crippen molar-refractivity contribution in [3.8, 4) is 0 Å². The number of ether oxygens (including phenoxy) is 1. The number of nitrogens with one attached hydrogen (secondary N) is 1. The van der Waals surface area contributed by atoms with Crippen molar-refractivity contribution in [1.29, 1.82) is 0 Å². The van der Waals surface area contributed by atoms with Crippen molar-refractivity contribution in [3.05, 3.63) is 60.8 Å². The van der Waals surface area contributed by atoms with Gasteiger partial charge < -0.3 is 20.1 Å². The van der Waals surface area contributed by atoms with Crippen LogP contribution in [0.1, 0.15) is 155 Å². The molecular formula is C41H72NO8P. The lowest BCUT2D eigenvalue weighted by molar-refractivity contribution is -0.147. The average Bonchev–Trinajstić information content (AvgIpc) is 3.11. The molecule has 0 rings (SSSR count). The Morgan fingerprint density at radius 2 is 1.12 bits per heavy atom. The van der Waals surface area contributed by atoms with Crippen LogP contribution in [0.3, 0.4) is 0 Å². The second kappa shape index (κ2) is 37.5. The van der Waals surface area contributed by atoms with E-state index in [4.69, 9.17) is 13.8 Å². The van der Waals surface area contributed by atoms with Crippen LogP contribution in [0.15, 0.2) is 60.8 Å². The zero-order valence-electron chi connectivity index (χ0n) is 32.0. The minimum atomic E-state index is -4.43. The van der Waals surface area contributed by atoms with Gasteiger partial charge in [-0.3, -0.25) is 18.6 Å². The topological polar surface area (TPSA) is 131 Å². The first kappa shape index (κ1) is 48.7. The van der Waals surface area contributed by atoms with Crippen LogP contribution in [0.25, 0.3) is 0 Å². The summed E-state index contributed by atoms with van der Waals surface area (Å²) >= 11 is 0. The number of esters is 1. The number of rotatable bonds is 36. The normalized spacial score (nSPS) is 14.0. The van der Waals surface area contributed by atoms with Crippen LogP contribution >= 0.6 is 7.82 Å². The zero-order chi connectivity index (χ0) is 37.5. The molecule has 0 spiro atoms. The quantitative estimate of drug-likeness (QED) is 0.0251. The second-order valence-corrected chi connectivity index (χ2v) is 14.3. The number of aliphatic hydroxyl groups excluding tert-OH is 1. The maximum atomic E-state index is 12.1. The van der Waals surface area contributed by atoms with E-state index in [1.54, 1.807) is 0 Å². The fourth-order valence-electron chi connectivity index (χ4n) is 4.95. The van der Waals surface area contributed by atoms with Crippen LogP contribution in [-0.2, 0) is 27.9 Å². The van der Waals surface area contributed by atoms with Gasteiger partial charge in [0.25, 0.3) is 0 Å². The number of unbranched alkanes of at least 4 members (excludes halogenated alkanes) is 13. The van der Waals surface area contributed by atoms with Gasteiger partial charge in [0.15, 0.2) is 0 Å². The van der Waals surface area contributed by atoms with Gasteiger partial charge in [0.05, 0.1) is 13.2 Å². The molecule has 0 aliphatic carbocycles. The van der Waals surface area contributed by atoms with Gasteiger partial charge in [-0.2, -0.15) is 0 Å². The van der Waals surface area contributed by atoms with Crippen LogP contribution < -0.4 is 5.32 Å². The Bertz CT molecular complexity index is 1020. The second-order valence-electron chi connectivity index (χ2n) is 12.9. The Balaban J connectivity index is 3.70. The number of allylic oxidation sites excluding steroid dienone is 10. The molecule has 294 valence electrons. The monoisotopic (exact) mass is 737 g/mol. The number of aliphatic hydroxyl groups is 1. The minimum absolute atomic E-state index is 0.0697. The Morgan fingerprint density at radius 3 is 1.73 bits per heavy atom. The Hall–Kier alpha value is -2.29. The van der Waals surface area contributed by atoms with Crippen LogP contribution in [0.2, 0.25) is 0 Å². The first-order valence-corrected chi connectivity index (χ1v) is 21.3. The lowest BCUT2D eigenvalue weighted by Gasteiger charge is -2.15. The number of phosphoric ester groups is 1. The number of hydrogen-bond donors (Lipinski definition) is 3. The Labute approximate surface area is 310 Å². The molecule has 0 aromatic rings. The van der Waals surface area contributed by atoms with Gasteiger partial charge in [-0.1, -0.05) is 126 Å². The van der Waals surface area contributed by atoms with Gasteiger partial charge in [0, 0.05) is 19.4 Å². The summed E-state index contributed by atoms with van der Waals surface area (Å²) in [5.74, 6) is -0.572. The van der Waals surface area contributed by atoms with E-state index in [-0.39, 0.29) is 32.1 Å². The van der Waals surface area contributed by atoms with E-state index >= 15 is 0 Å². The van der Waals surface area contributed by atoms with Crippen molar-refractivity contribution in [2.75, 3.05) is 26.4 Å². The summed E-state index contributed by atoms with van der Waals surface area (Å²) in [6.07, 6.45) is 42.9. The largest absolute Gasteiger partial charge is 0.472 e. The number of hydrogen-bond acceptors (Lipinski definition) is 7. The predicted molar refractivity (Wildman–Crippen MR) is 210 cm³/mol. The van der Waals surface area contributed by atoms with Crippen LogP contribution in [0, 0.1) is 0 Å². The average molecular weight is 738 g/mol. The first-order chi connectivity index (χ1) is 24.8. The summed E-state index contributed by atoms with van der Waals surface area (Å²) in [7, 11) is -4.43. The van der Waals surface area contributed by atoms with Crippen molar-refractivity contribution in [3.63, 3.8) is 0 Å². The van der Waals surface area contributed by atoms with Crippen LogP contribution in [0.5, 0.6) is 0 Å². The molecule has 0 fully saturated rings. The van der Waals surface area contributed by atoms with Crippen molar-refractivity contribution >= 4 is 19.7 Å². The first-order valence-electron chi connectivity index (χ1n) is 19.8. The summed E-state index contributed by atoms with van der Waals surface area (Å²) in [6, 6.07) is 0. The molecule has 2 atom stereocenters. The molecular weight excluding hydrogens is 665 g/mol. The third-order valence-electron chi connectivity index (χ3n) is 7.93. The van der Waals surface area contributed by atoms with E-state index < -0.39 is 26.5 Å². The van der Waals surface area contributed by atoms with E-state index in [1.807, 2.05) is 0 Å². The fraction of sp³-hybridized carbons (Fsp3) is 0.707. The molecule has 1 amide bonds. The molecule has 0 heterocycles. The van der Waals surface area contributed by atoms with E-state index in [9.17, 15) is 24.2 Å². The molecule has 0 aliphatic rings. The van der Waals surface area contributed by atoms with Crippen molar-refractivity contribution < 1.29 is 37.9 Å². The molecule has 0 aromatic heterocycles. The molecule has 9 nitrogen and oxygen atoms in total. The standard InChI is InChI=1S/C41H72NO8P/c1-3-5-7-9-11-13-15-17-19-21-23-25-27-29-31-33-40(44)42-35-36-49-51(46,47)50-38-39(43)37-48-41(45)34-32-30-28-26-24-22-20-18-16-14-12-10-8-6-4-2/h6,8,12,14,17-20,24,26,39,43H,3-5,7,9-11,13,15-16,21-23,25,27-38H2,1-2H3,(H,42,44)(H,46,47)/b8-6-,14-12-,19-17-,20-18-,26-24-. The highest BCUT2D eigenvalue weighted by molar-refractivity contribution is 7.47. The van der Waals surface area contributed by atoms with E-state index in [1.165, 1.54) is 51.4 Å². The molecule has 0 aliphatic heterocycles. The zero-order valence-corrected chi connectivity index (χ0v) is 32.9. The number of carbonyl (C=O) groups is 2. The summed E-state index contributed by atoms with van der Waals surface area (Å²) in [5, 5.41) is 12.6. The number of amides is 1. The summed E-state index contributed by atoms with van der Waals surface area (Å²) in [4.78, 5) is 33.8. The summed E-state index contributed by atoms with van der Waals surface area (Å²) < 4.78 is 26.8. The molecule has 0 aromatic carbocycles. The SMILES string of the molecule is CC/C=C\C/C=C\C/C=C\C/C=C\CCCCC(=O)OCC(O)COP(=O)(O)OCCNC(=O)CCCCCCC/C=C\CCCCCCCC. The summed E-state index contributed by atoms with van der Waals surface area (Å²) in [5.41, 5.74) is 0. The van der Waals surface area contributed by atoms with Gasteiger partial charge in [-0.05, 0) is 77.0 Å². The van der Waals surface area contributed by atoms with E-state index in [0.717, 1.165) is 70.6 Å². The fourth-order valence-corrected chi connectivity index (χ4v) is 5.71. The molecule has 10 heteroatoms. The highest BCUT2D eigenvalue weighted by Crippen LogP contribution is 2.42. The van der Waals surface area contributed by atoms with Gasteiger partial charge in [0.1, 0.15) is 12.7 Å². The molecule has 51 heavy (non-hydrogen) atoms. The number of carbonyl (C=O) groups excluding carboxylic acids is 2. The molecule has 0 saturated heterocycles. The van der Waals surface area contributed by atoms with Gasteiger partial charge >= 0.3 is 13.8 Å². The van der Waals surface area contributed by atoms with Gasteiger partial charge in [0.2, 0.25) is 5.91 Å². The van der Waals surface area contributed by atoms with Gasteiger partial charge in [-0.25, -0.2) is 4.57 Å². The molecule has 0 radical (unpaired) electrons. The molecule has 3 N–H and O–H groups in total. The minimum Gasteiger partial charge on any atom is -0.463 e. The lowest BCUT2D eigenvalue weighted by atomic mass is 10.1. The lowest BCUT2D eigenvalue weighted by Crippen LogP contribution is -2.27.